The van der Waals surface area contributed by atoms with E-state index >= 15 is 0 Å². The Labute approximate surface area is 79.8 Å². The van der Waals surface area contributed by atoms with Crippen LogP contribution in [-0.4, -0.2) is 0 Å². The van der Waals surface area contributed by atoms with Crippen molar-refractivity contribution in [3.63, 3.8) is 0 Å². The van der Waals surface area contributed by atoms with Gasteiger partial charge in [-0.05, 0) is 44.8 Å². The summed E-state index contributed by atoms with van der Waals surface area (Å²) >= 11 is 3.46. The van der Waals surface area contributed by atoms with Gasteiger partial charge in [-0.1, -0.05) is 12.2 Å². The summed E-state index contributed by atoms with van der Waals surface area (Å²) in [6.07, 6.45) is 4.27. The van der Waals surface area contributed by atoms with E-state index in [-0.39, 0.29) is 0 Å². The van der Waals surface area contributed by atoms with Crippen molar-refractivity contribution in [3.05, 3.63) is 44.8 Å². The average Bonchev–Trinajstić information content (AvgIpc) is 2.74. The van der Waals surface area contributed by atoms with Crippen LogP contribution in [0.1, 0.15) is 11.1 Å². The maximum atomic E-state index is 2.14. The van der Waals surface area contributed by atoms with E-state index in [4.69, 9.17) is 0 Å². The summed E-state index contributed by atoms with van der Waals surface area (Å²) in [5.41, 5.74) is 2.57. The summed E-state index contributed by atoms with van der Waals surface area (Å²) in [5, 5.41) is 8.46. The van der Waals surface area contributed by atoms with E-state index in [0.717, 1.165) is 0 Å². The molecule has 0 saturated heterocycles. The quantitative estimate of drug-likeness (QED) is 0.675. The normalized spacial score (nSPS) is 11.0. The molecule has 12 heavy (non-hydrogen) atoms. The van der Waals surface area contributed by atoms with Crippen LogP contribution in [0.3, 0.4) is 0 Å². The van der Waals surface area contributed by atoms with E-state index in [2.05, 4.69) is 45.8 Å². The Kier molecular flexibility index (Phi) is 2.39. The fourth-order valence-electron chi connectivity index (χ4n) is 0.932. The van der Waals surface area contributed by atoms with Crippen LogP contribution in [0, 0.1) is 0 Å². The second-order valence-electron chi connectivity index (χ2n) is 2.45. The smallest absolute Gasteiger partial charge is 0.00208 e. The fraction of sp³-hybridized carbons (Fsp3) is 0. The molecule has 2 aromatic heterocycles. The van der Waals surface area contributed by atoms with E-state index in [1.807, 2.05) is 0 Å². The molecule has 2 heteroatoms. The van der Waals surface area contributed by atoms with Crippen molar-refractivity contribution >= 4 is 34.8 Å². The molecule has 2 rings (SSSR count). The first-order chi connectivity index (χ1) is 5.95. The third kappa shape index (κ3) is 1.84. The third-order valence-electron chi connectivity index (χ3n) is 1.55. The lowest BCUT2D eigenvalue weighted by Crippen LogP contribution is -1.60. The number of thiophene rings is 2. The third-order valence-corrected chi connectivity index (χ3v) is 2.96. The molecule has 0 spiro atoms. The van der Waals surface area contributed by atoms with Crippen molar-refractivity contribution in [3.8, 4) is 0 Å². The Balaban J connectivity index is 2.14. The molecule has 0 saturated carbocycles. The minimum absolute atomic E-state index is 1.28. The van der Waals surface area contributed by atoms with Gasteiger partial charge in [0.25, 0.3) is 0 Å². The zero-order chi connectivity index (χ0) is 8.23. The molecule has 2 heterocycles. The van der Waals surface area contributed by atoms with E-state index < -0.39 is 0 Å². The first kappa shape index (κ1) is 7.77. The fourth-order valence-corrected chi connectivity index (χ4v) is 2.19. The van der Waals surface area contributed by atoms with Crippen LogP contribution in [0.25, 0.3) is 12.2 Å². The maximum Gasteiger partial charge on any atom is -0.00208 e. The zero-order valence-electron chi connectivity index (χ0n) is 6.44. The predicted octanol–water partition coefficient (Wildman–Crippen LogP) is 3.98. The number of rotatable bonds is 2. The van der Waals surface area contributed by atoms with Gasteiger partial charge in [0, 0.05) is 0 Å². The molecule has 0 aliphatic heterocycles. The summed E-state index contributed by atoms with van der Waals surface area (Å²) < 4.78 is 0. The molecule has 2 aromatic rings. The molecule has 0 bridgehead atoms. The number of hydrogen-bond acceptors (Lipinski definition) is 2. The van der Waals surface area contributed by atoms with Gasteiger partial charge >= 0.3 is 0 Å². The highest BCUT2D eigenvalue weighted by atomic mass is 32.1. The molecule has 0 fully saturated rings. The van der Waals surface area contributed by atoms with Crippen LogP contribution < -0.4 is 0 Å². The van der Waals surface area contributed by atoms with Gasteiger partial charge in [0.15, 0.2) is 0 Å². The molecule has 0 atom stereocenters. The van der Waals surface area contributed by atoms with Crippen molar-refractivity contribution in [2.45, 2.75) is 0 Å². The Bertz CT molecular complexity index is 305. The minimum Gasteiger partial charge on any atom is -0.152 e. The highest BCUT2D eigenvalue weighted by molar-refractivity contribution is 7.08. The molecule has 0 unspecified atom stereocenters. The lowest BCUT2D eigenvalue weighted by molar-refractivity contribution is 1.85. The van der Waals surface area contributed by atoms with Crippen LogP contribution in [-0.2, 0) is 0 Å². The average molecular weight is 192 g/mol. The molecule has 0 nitrogen and oxygen atoms in total. The van der Waals surface area contributed by atoms with Crippen LogP contribution in [0.5, 0.6) is 0 Å². The predicted molar refractivity (Wildman–Crippen MR) is 57.6 cm³/mol. The van der Waals surface area contributed by atoms with Gasteiger partial charge in [0.2, 0.25) is 0 Å². The van der Waals surface area contributed by atoms with Gasteiger partial charge in [0.1, 0.15) is 0 Å². The summed E-state index contributed by atoms with van der Waals surface area (Å²) in [7, 11) is 0. The van der Waals surface area contributed by atoms with Crippen molar-refractivity contribution in [1.29, 1.82) is 0 Å². The van der Waals surface area contributed by atoms with Crippen LogP contribution in [0.2, 0.25) is 0 Å². The molecule has 0 aliphatic carbocycles. The molecular weight excluding hydrogens is 184 g/mol. The first-order valence-electron chi connectivity index (χ1n) is 3.67. The maximum absolute atomic E-state index is 2.14. The van der Waals surface area contributed by atoms with Gasteiger partial charge in [-0.15, -0.1) is 0 Å². The summed E-state index contributed by atoms with van der Waals surface area (Å²) in [5.74, 6) is 0. The molecule has 0 radical (unpaired) electrons. The molecule has 0 N–H and O–H groups in total. The van der Waals surface area contributed by atoms with E-state index in [1.54, 1.807) is 22.7 Å². The van der Waals surface area contributed by atoms with Gasteiger partial charge in [0.05, 0.1) is 0 Å². The lowest BCUT2D eigenvalue weighted by Gasteiger charge is -1.82. The topological polar surface area (TPSA) is 0 Å². The van der Waals surface area contributed by atoms with E-state index in [9.17, 15) is 0 Å². The zero-order valence-corrected chi connectivity index (χ0v) is 8.07. The van der Waals surface area contributed by atoms with Gasteiger partial charge < -0.3 is 0 Å². The van der Waals surface area contributed by atoms with Crippen LogP contribution >= 0.6 is 22.7 Å². The molecule has 0 aliphatic rings. The highest BCUT2D eigenvalue weighted by Crippen LogP contribution is 2.12. The standard InChI is InChI=1S/C10H8S2/c1(9-3-5-11-7-9)2-10-4-6-12-8-10/h1-8H. The molecule has 60 valence electrons. The summed E-state index contributed by atoms with van der Waals surface area (Å²) in [6, 6.07) is 4.24. The summed E-state index contributed by atoms with van der Waals surface area (Å²) in [4.78, 5) is 0. The largest absolute Gasteiger partial charge is 0.152 e. The highest BCUT2D eigenvalue weighted by Gasteiger charge is 1.86. The minimum atomic E-state index is 1.28. The van der Waals surface area contributed by atoms with Crippen molar-refractivity contribution < 1.29 is 0 Å². The molecule has 0 aromatic carbocycles. The second-order valence-corrected chi connectivity index (χ2v) is 4.01. The molecular formula is C10H8S2. The molecule has 0 amide bonds. The summed E-state index contributed by atoms with van der Waals surface area (Å²) in [6.45, 7) is 0. The van der Waals surface area contributed by atoms with Crippen molar-refractivity contribution in [2.24, 2.45) is 0 Å². The van der Waals surface area contributed by atoms with Crippen molar-refractivity contribution in [2.75, 3.05) is 0 Å². The lowest BCUT2D eigenvalue weighted by atomic mass is 10.2. The monoisotopic (exact) mass is 192 g/mol. The van der Waals surface area contributed by atoms with Crippen LogP contribution in [0.4, 0.5) is 0 Å². The van der Waals surface area contributed by atoms with Gasteiger partial charge in [-0.2, -0.15) is 22.7 Å². The Hall–Kier alpha value is -0.860. The second kappa shape index (κ2) is 3.70. The van der Waals surface area contributed by atoms with Crippen molar-refractivity contribution in [1.82, 2.24) is 0 Å². The Morgan fingerprint density at radius 3 is 1.67 bits per heavy atom. The van der Waals surface area contributed by atoms with Gasteiger partial charge in [-0.25, -0.2) is 0 Å². The first-order valence-corrected chi connectivity index (χ1v) is 5.56. The SMILES string of the molecule is C(=Cc1ccsc1)c1ccsc1. The van der Waals surface area contributed by atoms with E-state index in [1.165, 1.54) is 11.1 Å². The Morgan fingerprint density at radius 2 is 1.33 bits per heavy atom. The van der Waals surface area contributed by atoms with Gasteiger partial charge in [-0.3, -0.25) is 0 Å². The number of hydrogen-bond donors (Lipinski definition) is 0. The Morgan fingerprint density at radius 1 is 0.833 bits per heavy atom. The van der Waals surface area contributed by atoms with E-state index in [0.29, 0.717) is 0 Å². The van der Waals surface area contributed by atoms with Crippen LogP contribution in [0.15, 0.2) is 33.7 Å².